The van der Waals surface area contributed by atoms with Crippen molar-refractivity contribution in [1.29, 1.82) is 0 Å². The zero-order valence-corrected chi connectivity index (χ0v) is 15.8. The summed E-state index contributed by atoms with van der Waals surface area (Å²) in [4.78, 5) is 29.9. The fourth-order valence-corrected chi connectivity index (χ4v) is 3.04. The minimum atomic E-state index is -4.43. The standard InChI is InChI=1S/C19H19F3N4O4/c20-19(21,22)14-2-7-17(23-12-14)24-8-1-9-25(11-10-24)18(27)13-30-16-5-3-15(4-6-16)26(28)29/h2-7,12H,1,8-11,13H2. The van der Waals surface area contributed by atoms with Crippen LogP contribution in [0, 0.1) is 10.1 Å². The molecule has 2 aromatic rings. The van der Waals surface area contributed by atoms with E-state index in [4.69, 9.17) is 4.74 Å². The first-order valence-electron chi connectivity index (χ1n) is 9.17. The lowest BCUT2D eigenvalue weighted by Crippen LogP contribution is -2.38. The highest BCUT2D eigenvalue weighted by Crippen LogP contribution is 2.29. The number of non-ortho nitro benzene ring substituents is 1. The van der Waals surface area contributed by atoms with Crippen LogP contribution in [0.25, 0.3) is 0 Å². The predicted octanol–water partition coefficient (Wildman–Crippen LogP) is 3.13. The number of carbonyl (C=O) groups is 1. The van der Waals surface area contributed by atoms with Crippen molar-refractivity contribution in [2.75, 3.05) is 37.7 Å². The molecule has 30 heavy (non-hydrogen) atoms. The molecule has 1 aromatic carbocycles. The number of hydrogen-bond donors (Lipinski definition) is 0. The Morgan fingerprint density at radius 3 is 2.43 bits per heavy atom. The number of carbonyl (C=O) groups excluding carboxylic acids is 1. The Bertz CT molecular complexity index is 888. The molecule has 1 aliphatic rings. The highest BCUT2D eigenvalue weighted by molar-refractivity contribution is 5.78. The van der Waals surface area contributed by atoms with Gasteiger partial charge in [-0.05, 0) is 30.7 Å². The Hall–Kier alpha value is -3.37. The van der Waals surface area contributed by atoms with E-state index in [-0.39, 0.29) is 18.2 Å². The smallest absolute Gasteiger partial charge is 0.417 e. The molecule has 0 bridgehead atoms. The van der Waals surface area contributed by atoms with Gasteiger partial charge in [-0.25, -0.2) is 4.98 Å². The van der Waals surface area contributed by atoms with Gasteiger partial charge >= 0.3 is 6.18 Å². The van der Waals surface area contributed by atoms with Crippen LogP contribution in [0.2, 0.25) is 0 Å². The van der Waals surface area contributed by atoms with Gasteiger partial charge in [0.1, 0.15) is 11.6 Å². The second kappa shape index (κ2) is 8.97. The monoisotopic (exact) mass is 424 g/mol. The van der Waals surface area contributed by atoms with E-state index in [1.807, 2.05) is 4.90 Å². The van der Waals surface area contributed by atoms with Crippen LogP contribution in [-0.2, 0) is 11.0 Å². The van der Waals surface area contributed by atoms with Crippen molar-refractivity contribution in [3.8, 4) is 5.75 Å². The average molecular weight is 424 g/mol. The van der Waals surface area contributed by atoms with Crippen molar-refractivity contribution in [3.05, 3.63) is 58.3 Å². The van der Waals surface area contributed by atoms with Gasteiger partial charge in [-0.15, -0.1) is 0 Å². The molecule has 11 heteroatoms. The number of nitro benzene ring substituents is 1. The first-order chi connectivity index (χ1) is 14.2. The third kappa shape index (κ3) is 5.37. The van der Waals surface area contributed by atoms with E-state index in [1.54, 1.807) is 4.90 Å². The average Bonchev–Trinajstić information content (AvgIpc) is 2.98. The lowest BCUT2D eigenvalue weighted by atomic mass is 10.2. The predicted molar refractivity (Wildman–Crippen MR) is 101 cm³/mol. The second-order valence-corrected chi connectivity index (χ2v) is 6.66. The summed E-state index contributed by atoms with van der Waals surface area (Å²) < 4.78 is 43.4. The number of pyridine rings is 1. The maximum absolute atomic E-state index is 12.7. The summed E-state index contributed by atoms with van der Waals surface area (Å²) in [6, 6.07) is 7.76. The van der Waals surface area contributed by atoms with Crippen molar-refractivity contribution in [2.24, 2.45) is 0 Å². The molecule has 1 fully saturated rings. The molecule has 0 unspecified atom stereocenters. The van der Waals surface area contributed by atoms with Crippen LogP contribution < -0.4 is 9.64 Å². The number of alkyl halides is 3. The number of rotatable bonds is 5. The Balaban J connectivity index is 1.53. The van der Waals surface area contributed by atoms with Crippen LogP contribution >= 0.6 is 0 Å². The van der Waals surface area contributed by atoms with Crippen LogP contribution in [0.3, 0.4) is 0 Å². The summed E-state index contributed by atoms with van der Waals surface area (Å²) in [5.74, 6) is 0.536. The maximum Gasteiger partial charge on any atom is 0.417 e. The SMILES string of the molecule is O=C(COc1ccc([N+](=O)[O-])cc1)N1CCCN(c2ccc(C(F)(F)F)cn2)CC1. The molecule has 0 N–H and O–H groups in total. The van der Waals surface area contributed by atoms with Gasteiger partial charge in [0.15, 0.2) is 6.61 Å². The largest absolute Gasteiger partial charge is 0.484 e. The van der Waals surface area contributed by atoms with Gasteiger partial charge in [0.2, 0.25) is 0 Å². The molecular formula is C19H19F3N4O4. The Morgan fingerprint density at radius 1 is 1.10 bits per heavy atom. The Kier molecular flexibility index (Phi) is 6.38. The number of halogens is 3. The van der Waals surface area contributed by atoms with E-state index < -0.39 is 16.7 Å². The van der Waals surface area contributed by atoms with E-state index in [1.165, 1.54) is 30.3 Å². The fraction of sp³-hybridized carbons (Fsp3) is 0.368. The zero-order chi connectivity index (χ0) is 21.7. The summed E-state index contributed by atoms with van der Waals surface area (Å²) in [5, 5.41) is 10.7. The van der Waals surface area contributed by atoms with Crippen molar-refractivity contribution in [3.63, 3.8) is 0 Å². The molecule has 1 aromatic heterocycles. The van der Waals surface area contributed by atoms with Crippen molar-refractivity contribution >= 4 is 17.4 Å². The van der Waals surface area contributed by atoms with Gasteiger partial charge in [0.25, 0.3) is 11.6 Å². The molecule has 0 aliphatic carbocycles. The molecule has 8 nitrogen and oxygen atoms in total. The van der Waals surface area contributed by atoms with Crippen molar-refractivity contribution < 1.29 is 27.6 Å². The summed E-state index contributed by atoms with van der Waals surface area (Å²) >= 11 is 0. The van der Waals surface area contributed by atoms with Gasteiger partial charge in [-0.3, -0.25) is 14.9 Å². The zero-order valence-electron chi connectivity index (χ0n) is 15.8. The normalized spacial score (nSPS) is 14.9. The van der Waals surface area contributed by atoms with Gasteiger partial charge in [-0.2, -0.15) is 13.2 Å². The number of anilines is 1. The molecule has 1 amide bonds. The number of nitrogens with zero attached hydrogens (tertiary/aromatic N) is 4. The van der Waals surface area contributed by atoms with Crippen LogP contribution in [0.4, 0.5) is 24.7 Å². The first-order valence-corrected chi connectivity index (χ1v) is 9.17. The molecule has 1 aliphatic heterocycles. The minimum Gasteiger partial charge on any atom is -0.484 e. The second-order valence-electron chi connectivity index (χ2n) is 6.66. The number of benzene rings is 1. The summed E-state index contributed by atoms with van der Waals surface area (Å²) in [6.07, 6.45) is -3.00. The van der Waals surface area contributed by atoms with E-state index in [9.17, 15) is 28.1 Å². The quantitative estimate of drug-likeness (QED) is 0.541. The number of ether oxygens (including phenoxy) is 1. The highest BCUT2D eigenvalue weighted by atomic mass is 19.4. The van der Waals surface area contributed by atoms with Crippen LogP contribution in [0.1, 0.15) is 12.0 Å². The third-order valence-electron chi connectivity index (χ3n) is 4.66. The van der Waals surface area contributed by atoms with Crippen LogP contribution in [0.5, 0.6) is 5.75 Å². The van der Waals surface area contributed by atoms with Gasteiger partial charge < -0.3 is 14.5 Å². The van der Waals surface area contributed by atoms with Crippen molar-refractivity contribution in [1.82, 2.24) is 9.88 Å². The topological polar surface area (TPSA) is 88.8 Å². The molecule has 0 atom stereocenters. The summed E-state index contributed by atoms with van der Waals surface area (Å²) in [6.45, 7) is 1.65. The van der Waals surface area contributed by atoms with Crippen LogP contribution in [-0.4, -0.2) is 53.5 Å². The number of amides is 1. The van der Waals surface area contributed by atoms with E-state index in [0.717, 1.165) is 12.3 Å². The lowest BCUT2D eigenvalue weighted by molar-refractivity contribution is -0.384. The van der Waals surface area contributed by atoms with Crippen LogP contribution in [0.15, 0.2) is 42.6 Å². The third-order valence-corrected chi connectivity index (χ3v) is 4.66. The summed E-state index contributed by atoms with van der Waals surface area (Å²) in [5.41, 5.74) is -0.876. The van der Waals surface area contributed by atoms with Crippen molar-refractivity contribution in [2.45, 2.75) is 12.6 Å². The fourth-order valence-electron chi connectivity index (χ4n) is 3.04. The Morgan fingerprint density at radius 2 is 1.83 bits per heavy atom. The highest BCUT2D eigenvalue weighted by Gasteiger charge is 2.31. The lowest BCUT2D eigenvalue weighted by Gasteiger charge is -2.23. The van der Waals surface area contributed by atoms with E-state index >= 15 is 0 Å². The molecule has 0 radical (unpaired) electrons. The van der Waals surface area contributed by atoms with Gasteiger partial charge in [-0.1, -0.05) is 0 Å². The molecule has 3 rings (SSSR count). The molecule has 1 saturated heterocycles. The van der Waals surface area contributed by atoms with Gasteiger partial charge in [0.05, 0.1) is 10.5 Å². The Labute approximate surface area is 170 Å². The first kappa shape index (κ1) is 21.3. The molecule has 0 saturated carbocycles. The minimum absolute atomic E-state index is 0.0711. The van der Waals surface area contributed by atoms with E-state index in [0.29, 0.717) is 44.2 Å². The molecular weight excluding hydrogens is 405 g/mol. The van der Waals surface area contributed by atoms with Gasteiger partial charge in [0, 0.05) is 44.5 Å². The molecule has 2 heterocycles. The number of aromatic nitrogens is 1. The summed E-state index contributed by atoms with van der Waals surface area (Å²) in [7, 11) is 0. The number of hydrogen-bond acceptors (Lipinski definition) is 6. The van der Waals surface area contributed by atoms with E-state index in [2.05, 4.69) is 4.98 Å². The number of nitro groups is 1. The maximum atomic E-state index is 12.7. The molecule has 160 valence electrons. The molecule has 0 spiro atoms.